The predicted octanol–water partition coefficient (Wildman–Crippen LogP) is -0.856. The van der Waals surface area contributed by atoms with Crippen LogP contribution in [0.25, 0.3) is 0 Å². The molecule has 2 aromatic carbocycles. The second-order valence-electron chi connectivity index (χ2n) is 8.71. The Morgan fingerprint density at radius 2 is 1.51 bits per heavy atom. The van der Waals surface area contributed by atoms with E-state index in [1.54, 1.807) is 36.4 Å². The lowest BCUT2D eigenvalue weighted by Gasteiger charge is -2.21. The van der Waals surface area contributed by atoms with Gasteiger partial charge in [-0.2, -0.15) is 11.8 Å². The van der Waals surface area contributed by atoms with E-state index in [1.165, 1.54) is 23.9 Å². The Hall–Kier alpha value is -4.26. The number of benzene rings is 2. The molecule has 39 heavy (non-hydrogen) atoms. The third kappa shape index (κ3) is 11.3. The summed E-state index contributed by atoms with van der Waals surface area (Å²) in [5, 5.41) is 17.2. The Morgan fingerprint density at radius 3 is 2.10 bits per heavy atom. The van der Waals surface area contributed by atoms with Crippen LogP contribution >= 0.6 is 11.8 Å². The van der Waals surface area contributed by atoms with Crippen molar-refractivity contribution in [2.75, 3.05) is 18.6 Å². The number of amides is 4. The van der Waals surface area contributed by atoms with Gasteiger partial charge in [0.1, 0.15) is 23.9 Å². The number of rotatable bonds is 15. The van der Waals surface area contributed by atoms with Gasteiger partial charge in [0.15, 0.2) is 5.96 Å². The smallest absolute Gasteiger partial charge is 0.245 e. The summed E-state index contributed by atoms with van der Waals surface area (Å²) in [7, 11) is 0. The third-order valence-corrected chi connectivity index (χ3v) is 6.25. The fourth-order valence-electron chi connectivity index (χ4n) is 3.61. The van der Waals surface area contributed by atoms with Crippen LogP contribution in [-0.4, -0.2) is 71.4 Å². The minimum absolute atomic E-state index is 0.0710. The standard InChI is InChI=1S/C26H35N7O5S/c1-39-12-11-19(32-25(38)21(33-26(28)29)14-17-7-9-18(34)10-8-17)24(37)30-15-22(35)31-20(23(27)36)13-16-5-3-2-4-6-16/h2-10,19-21,34H,11-15H2,1H3,(H2,27,36)(H,30,37)(H,31,35)(H,32,38)(H4,28,29,33)/t19-,20+,21+/m1/s1. The van der Waals surface area contributed by atoms with E-state index in [0.717, 1.165) is 5.56 Å². The van der Waals surface area contributed by atoms with Crippen LogP contribution in [-0.2, 0) is 32.0 Å². The van der Waals surface area contributed by atoms with Crippen LogP contribution in [0.2, 0.25) is 0 Å². The van der Waals surface area contributed by atoms with Crippen LogP contribution in [0.15, 0.2) is 59.6 Å². The van der Waals surface area contributed by atoms with Gasteiger partial charge in [0, 0.05) is 12.8 Å². The molecule has 0 fully saturated rings. The Morgan fingerprint density at radius 1 is 0.872 bits per heavy atom. The molecular weight excluding hydrogens is 522 g/mol. The number of hydrogen-bond donors (Lipinski definition) is 7. The van der Waals surface area contributed by atoms with Crippen molar-refractivity contribution in [2.45, 2.75) is 37.4 Å². The molecule has 4 amide bonds. The zero-order chi connectivity index (χ0) is 28.8. The SMILES string of the molecule is CSCC[C@@H](NC(=O)[C@H](Cc1ccc(O)cc1)N=C(N)N)C(=O)NCC(=O)N[C@@H](Cc1ccccc1)C(N)=O. The van der Waals surface area contributed by atoms with Gasteiger partial charge in [-0.1, -0.05) is 42.5 Å². The van der Waals surface area contributed by atoms with E-state index in [9.17, 15) is 24.3 Å². The Balaban J connectivity index is 2.02. The van der Waals surface area contributed by atoms with Gasteiger partial charge in [-0.25, -0.2) is 4.99 Å². The highest BCUT2D eigenvalue weighted by molar-refractivity contribution is 7.98. The fourth-order valence-corrected chi connectivity index (χ4v) is 4.08. The number of aromatic hydroxyl groups is 1. The van der Waals surface area contributed by atoms with Crippen molar-refractivity contribution >= 4 is 41.4 Å². The lowest BCUT2D eigenvalue weighted by Crippen LogP contribution is -2.53. The number of thioether (sulfide) groups is 1. The maximum Gasteiger partial charge on any atom is 0.245 e. The first-order valence-electron chi connectivity index (χ1n) is 12.1. The molecule has 0 radical (unpaired) electrons. The summed E-state index contributed by atoms with van der Waals surface area (Å²) < 4.78 is 0. The minimum Gasteiger partial charge on any atom is -0.508 e. The number of guanidine groups is 1. The largest absolute Gasteiger partial charge is 0.508 e. The number of hydrogen-bond acceptors (Lipinski definition) is 7. The number of phenolic OH excluding ortho intramolecular Hbond substituents is 1. The molecule has 0 heterocycles. The number of nitrogens with one attached hydrogen (secondary N) is 3. The number of phenols is 1. The molecule has 0 unspecified atom stereocenters. The Labute approximate surface area is 231 Å². The van der Waals surface area contributed by atoms with Gasteiger partial charge in [-0.05, 0) is 41.7 Å². The second kappa shape index (κ2) is 15.9. The maximum absolute atomic E-state index is 13.1. The Kier molecular flexibility index (Phi) is 12.6. The highest BCUT2D eigenvalue weighted by atomic mass is 32.2. The molecule has 0 saturated heterocycles. The molecule has 2 rings (SSSR count). The summed E-state index contributed by atoms with van der Waals surface area (Å²) in [6, 6.07) is 12.3. The fraction of sp³-hybridized carbons (Fsp3) is 0.346. The highest BCUT2D eigenvalue weighted by Gasteiger charge is 2.26. The molecule has 0 aromatic heterocycles. The highest BCUT2D eigenvalue weighted by Crippen LogP contribution is 2.13. The van der Waals surface area contributed by atoms with E-state index < -0.39 is 48.3 Å². The number of carbonyl (C=O) groups excluding carboxylic acids is 4. The quantitative estimate of drug-likeness (QED) is 0.108. The van der Waals surface area contributed by atoms with Crippen LogP contribution in [0.3, 0.4) is 0 Å². The average Bonchev–Trinajstić information content (AvgIpc) is 2.90. The van der Waals surface area contributed by atoms with E-state index in [1.807, 2.05) is 12.3 Å². The molecule has 2 aromatic rings. The van der Waals surface area contributed by atoms with Gasteiger partial charge in [-0.3, -0.25) is 19.2 Å². The molecule has 3 atom stereocenters. The number of carbonyl (C=O) groups is 4. The monoisotopic (exact) mass is 557 g/mol. The van der Waals surface area contributed by atoms with E-state index in [4.69, 9.17) is 17.2 Å². The summed E-state index contributed by atoms with van der Waals surface area (Å²) in [4.78, 5) is 54.3. The van der Waals surface area contributed by atoms with Crippen molar-refractivity contribution < 1.29 is 24.3 Å². The van der Waals surface area contributed by atoms with E-state index >= 15 is 0 Å². The number of nitrogens with two attached hydrogens (primary N) is 3. The Bertz CT molecular complexity index is 1140. The van der Waals surface area contributed by atoms with Crippen molar-refractivity contribution in [3.05, 3.63) is 65.7 Å². The van der Waals surface area contributed by atoms with Crippen molar-refractivity contribution in [2.24, 2.45) is 22.2 Å². The lowest BCUT2D eigenvalue weighted by molar-refractivity contribution is -0.131. The molecule has 0 spiro atoms. The van der Waals surface area contributed by atoms with Gasteiger partial charge in [-0.15, -0.1) is 0 Å². The molecule has 0 aliphatic carbocycles. The second-order valence-corrected chi connectivity index (χ2v) is 9.70. The molecule has 0 saturated carbocycles. The van der Waals surface area contributed by atoms with Gasteiger partial charge in [0.05, 0.1) is 6.54 Å². The van der Waals surface area contributed by atoms with Gasteiger partial charge >= 0.3 is 0 Å². The predicted molar refractivity (Wildman–Crippen MR) is 151 cm³/mol. The van der Waals surface area contributed by atoms with E-state index in [2.05, 4.69) is 20.9 Å². The molecule has 12 nitrogen and oxygen atoms in total. The first-order valence-corrected chi connectivity index (χ1v) is 13.5. The summed E-state index contributed by atoms with van der Waals surface area (Å²) in [6.07, 6.45) is 2.47. The van der Waals surface area contributed by atoms with Gasteiger partial charge < -0.3 is 38.3 Å². The van der Waals surface area contributed by atoms with Crippen LogP contribution in [0, 0.1) is 0 Å². The summed E-state index contributed by atoms with van der Waals surface area (Å²) >= 11 is 1.48. The van der Waals surface area contributed by atoms with Crippen LogP contribution in [0.5, 0.6) is 5.75 Å². The molecule has 13 heteroatoms. The number of nitrogens with zero attached hydrogens (tertiary/aromatic N) is 1. The first kappa shape index (κ1) is 31.0. The zero-order valence-corrected chi connectivity index (χ0v) is 22.4. The van der Waals surface area contributed by atoms with Crippen molar-refractivity contribution in [1.29, 1.82) is 0 Å². The molecule has 10 N–H and O–H groups in total. The third-order valence-electron chi connectivity index (χ3n) is 5.60. The van der Waals surface area contributed by atoms with Gasteiger partial charge in [0.2, 0.25) is 23.6 Å². The summed E-state index contributed by atoms with van der Waals surface area (Å²) in [5.41, 5.74) is 18.0. The van der Waals surface area contributed by atoms with E-state index in [-0.39, 0.29) is 31.0 Å². The molecular formula is C26H35N7O5S. The number of primary amides is 1. The molecule has 0 bridgehead atoms. The zero-order valence-electron chi connectivity index (χ0n) is 21.6. The minimum atomic E-state index is -1.03. The van der Waals surface area contributed by atoms with Crippen molar-refractivity contribution in [1.82, 2.24) is 16.0 Å². The maximum atomic E-state index is 13.1. The topological polar surface area (TPSA) is 215 Å². The van der Waals surface area contributed by atoms with Crippen LogP contribution < -0.4 is 33.2 Å². The molecule has 210 valence electrons. The lowest BCUT2D eigenvalue weighted by atomic mass is 10.0. The molecule has 0 aliphatic heterocycles. The summed E-state index contributed by atoms with van der Waals surface area (Å²) in [5.74, 6) is -2.15. The summed E-state index contributed by atoms with van der Waals surface area (Å²) in [6.45, 7) is -0.423. The van der Waals surface area contributed by atoms with E-state index in [0.29, 0.717) is 11.3 Å². The van der Waals surface area contributed by atoms with Crippen LogP contribution in [0.4, 0.5) is 0 Å². The number of aliphatic imine (C=N–C) groups is 1. The van der Waals surface area contributed by atoms with Gasteiger partial charge in [0.25, 0.3) is 0 Å². The normalized spacial score (nSPS) is 12.8. The van der Waals surface area contributed by atoms with Crippen molar-refractivity contribution in [3.8, 4) is 5.75 Å². The van der Waals surface area contributed by atoms with Crippen LogP contribution in [0.1, 0.15) is 17.5 Å². The first-order chi connectivity index (χ1) is 18.6. The average molecular weight is 558 g/mol. The molecule has 0 aliphatic rings. The van der Waals surface area contributed by atoms with Crippen molar-refractivity contribution in [3.63, 3.8) is 0 Å².